The molecule has 0 aliphatic heterocycles. The van der Waals surface area contributed by atoms with Gasteiger partial charge in [0.15, 0.2) is 6.10 Å². The third-order valence-electron chi connectivity index (χ3n) is 8.36. The van der Waals surface area contributed by atoms with Crippen LogP contribution in [0.15, 0.2) is 85.3 Å². The Morgan fingerprint density at radius 2 is 1.00 bits per heavy atom. The SMILES string of the molecule is CCCCCC=CCC=CCC=CCC=CCC=CCCC(=O)OC(COC=CCCCCCCCCC=CCCCCCC)COP(=O)(O)OCCN. The van der Waals surface area contributed by atoms with Crippen LogP contribution in [0.3, 0.4) is 0 Å². The fourth-order valence-corrected chi connectivity index (χ4v) is 6.00. The van der Waals surface area contributed by atoms with Crippen LogP contribution in [0.2, 0.25) is 0 Å². The molecule has 0 spiro atoms. The summed E-state index contributed by atoms with van der Waals surface area (Å²) < 4.78 is 33.0. The maximum atomic E-state index is 12.5. The van der Waals surface area contributed by atoms with Crippen molar-refractivity contribution in [3.63, 3.8) is 0 Å². The molecule has 0 aliphatic carbocycles. The topological polar surface area (TPSA) is 117 Å². The first kappa shape index (κ1) is 51.5. The van der Waals surface area contributed by atoms with Crippen molar-refractivity contribution in [2.75, 3.05) is 26.4 Å². The second-order valence-corrected chi connectivity index (χ2v) is 15.0. The van der Waals surface area contributed by atoms with Crippen molar-refractivity contribution >= 4 is 13.8 Å². The van der Waals surface area contributed by atoms with Gasteiger partial charge in [0.2, 0.25) is 0 Å². The zero-order chi connectivity index (χ0) is 39.5. The first-order valence-corrected chi connectivity index (χ1v) is 22.6. The molecule has 8 nitrogen and oxygen atoms in total. The van der Waals surface area contributed by atoms with Crippen LogP contribution in [-0.4, -0.2) is 43.3 Å². The van der Waals surface area contributed by atoms with Crippen molar-refractivity contribution in [3.8, 4) is 0 Å². The van der Waals surface area contributed by atoms with Crippen molar-refractivity contribution in [2.24, 2.45) is 5.73 Å². The Bertz CT molecular complexity index is 1100. The standard InChI is InChI=1S/C45H78NO7P/c1-3-5-7-9-11-13-15-17-19-21-22-23-24-26-28-30-32-34-36-38-45(47)53-44(43-52-54(48,49)51-41-39-46)42-50-40-37-35-33-31-29-27-25-20-18-16-14-12-10-8-6-4-2/h11,13-14,16-17,19,22-23,26,28,32,34,37,40,44H,3-10,12,15,18,20-21,24-25,27,29-31,33,35-36,38-39,41-43,46H2,1-2H3,(H,48,49). The lowest BCUT2D eigenvalue weighted by molar-refractivity contribution is -0.153. The molecule has 0 aromatic rings. The molecule has 3 N–H and O–H groups in total. The van der Waals surface area contributed by atoms with Gasteiger partial charge in [-0.1, -0.05) is 145 Å². The molecular weight excluding hydrogens is 697 g/mol. The van der Waals surface area contributed by atoms with Crippen LogP contribution < -0.4 is 5.73 Å². The quantitative estimate of drug-likeness (QED) is 0.0208. The molecule has 9 heteroatoms. The number of esters is 1. The number of ether oxygens (including phenoxy) is 2. The van der Waals surface area contributed by atoms with Gasteiger partial charge in [-0.25, -0.2) is 4.57 Å². The highest BCUT2D eigenvalue weighted by Crippen LogP contribution is 2.43. The number of hydrogen-bond donors (Lipinski definition) is 2. The van der Waals surface area contributed by atoms with E-state index in [0.717, 1.165) is 38.5 Å². The number of allylic oxidation sites excluding steroid dienone is 13. The van der Waals surface area contributed by atoms with E-state index in [2.05, 4.69) is 74.6 Å². The summed E-state index contributed by atoms with van der Waals surface area (Å²) in [7, 11) is -4.32. The first-order chi connectivity index (χ1) is 26.4. The molecule has 2 unspecified atom stereocenters. The average molecular weight is 776 g/mol. The third kappa shape index (κ3) is 40.7. The van der Waals surface area contributed by atoms with Crippen LogP contribution in [0.4, 0.5) is 0 Å². The van der Waals surface area contributed by atoms with Crippen molar-refractivity contribution in [1.82, 2.24) is 0 Å². The van der Waals surface area contributed by atoms with E-state index < -0.39 is 19.9 Å². The minimum Gasteiger partial charge on any atom is -0.498 e. The second kappa shape index (κ2) is 41.7. The molecule has 0 aromatic carbocycles. The Balaban J connectivity index is 4.27. The van der Waals surface area contributed by atoms with Crippen molar-refractivity contribution in [2.45, 2.75) is 168 Å². The molecule has 54 heavy (non-hydrogen) atoms. The maximum Gasteiger partial charge on any atom is 0.472 e. The van der Waals surface area contributed by atoms with Crippen molar-refractivity contribution < 1.29 is 32.8 Å². The Morgan fingerprint density at radius 1 is 0.574 bits per heavy atom. The number of rotatable bonds is 39. The van der Waals surface area contributed by atoms with Gasteiger partial charge in [0, 0.05) is 13.0 Å². The van der Waals surface area contributed by atoms with Crippen LogP contribution in [0.5, 0.6) is 0 Å². The van der Waals surface area contributed by atoms with Crippen molar-refractivity contribution in [3.05, 3.63) is 85.3 Å². The normalized spacial score (nSPS) is 14.3. The minimum atomic E-state index is -4.32. The molecule has 0 saturated heterocycles. The summed E-state index contributed by atoms with van der Waals surface area (Å²) in [4.78, 5) is 22.4. The summed E-state index contributed by atoms with van der Waals surface area (Å²) >= 11 is 0. The molecule has 0 fully saturated rings. The van der Waals surface area contributed by atoms with E-state index in [9.17, 15) is 14.3 Å². The molecule has 0 bridgehead atoms. The van der Waals surface area contributed by atoms with Crippen LogP contribution in [0.1, 0.15) is 162 Å². The Labute approximate surface area is 330 Å². The molecule has 0 rings (SSSR count). The van der Waals surface area contributed by atoms with Crippen LogP contribution in [-0.2, 0) is 27.9 Å². The fourth-order valence-electron chi connectivity index (χ4n) is 5.23. The molecule has 2 atom stereocenters. The largest absolute Gasteiger partial charge is 0.498 e. The van der Waals surface area contributed by atoms with Crippen molar-refractivity contribution in [1.29, 1.82) is 0 Å². The van der Waals surface area contributed by atoms with Crippen LogP contribution in [0.25, 0.3) is 0 Å². The summed E-state index contributed by atoms with van der Waals surface area (Å²) in [6.45, 7) is 4.09. The summed E-state index contributed by atoms with van der Waals surface area (Å²) in [5, 5.41) is 0. The molecule has 0 aliphatic rings. The molecule has 0 amide bonds. The highest BCUT2D eigenvalue weighted by atomic mass is 31.2. The summed E-state index contributed by atoms with van der Waals surface area (Å²) in [5.41, 5.74) is 5.35. The smallest absolute Gasteiger partial charge is 0.472 e. The molecule has 0 aromatic heterocycles. The number of phosphoric acid groups is 1. The zero-order valence-electron chi connectivity index (χ0n) is 34.2. The van der Waals surface area contributed by atoms with Gasteiger partial charge in [-0.15, -0.1) is 0 Å². The Hall–Kier alpha value is -2.48. The highest BCUT2D eigenvalue weighted by molar-refractivity contribution is 7.47. The molecule has 0 saturated carbocycles. The van der Waals surface area contributed by atoms with E-state index in [0.29, 0.717) is 6.42 Å². The van der Waals surface area contributed by atoms with E-state index in [1.54, 1.807) is 6.26 Å². The Morgan fingerprint density at radius 3 is 1.54 bits per heavy atom. The summed E-state index contributed by atoms with van der Waals surface area (Å²) in [6.07, 6.45) is 54.2. The summed E-state index contributed by atoms with van der Waals surface area (Å²) in [5.74, 6) is -0.437. The van der Waals surface area contributed by atoms with Crippen LogP contribution >= 0.6 is 7.82 Å². The number of unbranched alkanes of at least 4 members (excludes halogenated alkanes) is 14. The van der Waals surface area contributed by atoms with E-state index in [1.165, 1.54) is 96.3 Å². The fraction of sp³-hybridized carbons (Fsp3) is 0.667. The van der Waals surface area contributed by atoms with Gasteiger partial charge in [-0.3, -0.25) is 13.8 Å². The highest BCUT2D eigenvalue weighted by Gasteiger charge is 2.25. The van der Waals surface area contributed by atoms with Gasteiger partial charge < -0.3 is 20.1 Å². The third-order valence-corrected chi connectivity index (χ3v) is 9.35. The van der Waals surface area contributed by atoms with Gasteiger partial charge in [0.25, 0.3) is 0 Å². The number of hydrogen-bond acceptors (Lipinski definition) is 7. The molecule has 0 heterocycles. The maximum absolute atomic E-state index is 12.5. The van der Waals surface area contributed by atoms with E-state index in [1.807, 2.05) is 18.2 Å². The van der Waals surface area contributed by atoms with Gasteiger partial charge >= 0.3 is 13.8 Å². The van der Waals surface area contributed by atoms with E-state index in [-0.39, 0.29) is 32.8 Å². The predicted octanol–water partition coefficient (Wildman–Crippen LogP) is 12.9. The molecular formula is C45H78NO7P. The molecule has 310 valence electrons. The number of phosphoric ester groups is 1. The van der Waals surface area contributed by atoms with Gasteiger partial charge in [0.1, 0.15) is 6.61 Å². The zero-order valence-corrected chi connectivity index (χ0v) is 35.1. The Kier molecular flexibility index (Phi) is 39.8. The number of carbonyl (C=O) groups excluding carboxylic acids is 1. The lowest BCUT2D eigenvalue weighted by Crippen LogP contribution is -2.27. The molecule has 0 radical (unpaired) electrons. The van der Waals surface area contributed by atoms with Gasteiger partial charge in [0.05, 0.1) is 19.5 Å². The monoisotopic (exact) mass is 776 g/mol. The summed E-state index contributed by atoms with van der Waals surface area (Å²) in [6, 6.07) is 0. The second-order valence-electron chi connectivity index (χ2n) is 13.6. The van der Waals surface area contributed by atoms with Gasteiger partial charge in [-0.05, 0) is 89.5 Å². The van der Waals surface area contributed by atoms with E-state index >= 15 is 0 Å². The minimum absolute atomic E-state index is 0.00573. The average Bonchev–Trinajstić information content (AvgIpc) is 3.16. The van der Waals surface area contributed by atoms with E-state index in [4.69, 9.17) is 24.3 Å². The first-order valence-electron chi connectivity index (χ1n) is 21.1. The lowest BCUT2D eigenvalue weighted by atomic mass is 10.1. The lowest BCUT2D eigenvalue weighted by Gasteiger charge is -2.19. The van der Waals surface area contributed by atoms with Crippen LogP contribution in [0, 0.1) is 0 Å². The number of carbonyl (C=O) groups is 1. The number of nitrogens with two attached hydrogens (primary N) is 1. The van der Waals surface area contributed by atoms with Gasteiger partial charge in [-0.2, -0.15) is 0 Å². The predicted molar refractivity (Wildman–Crippen MR) is 228 cm³/mol.